The molecule has 1 aromatic heterocycles. The van der Waals surface area contributed by atoms with E-state index in [0.29, 0.717) is 30.2 Å². The van der Waals surface area contributed by atoms with Crippen LogP contribution in [0, 0.1) is 5.92 Å². The van der Waals surface area contributed by atoms with E-state index in [4.69, 9.17) is 9.47 Å². The highest BCUT2D eigenvalue weighted by atomic mass is 32.2. The number of ether oxygens (including phenoxy) is 2. The number of urea groups is 1. The van der Waals surface area contributed by atoms with Gasteiger partial charge in [0.15, 0.2) is 0 Å². The van der Waals surface area contributed by atoms with Gasteiger partial charge >= 0.3 is 6.03 Å². The van der Waals surface area contributed by atoms with Crippen LogP contribution in [0.25, 0.3) is 0 Å². The minimum atomic E-state index is -3.71. The molecule has 3 N–H and O–H groups in total. The largest absolute Gasteiger partial charge is 0.490 e. The average Bonchev–Trinajstić information content (AvgIpc) is 3.59. The molecule has 13 heteroatoms. The summed E-state index contributed by atoms with van der Waals surface area (Å²) >= 11 is 1.16. The van der Waals surface area contributed by atoms with Gasteiger partial charge in [0.2, 0.25) is 0 Å². The molecule has 0 radical (unpaired) electrons. The van der Waals surface area contributed by atoms with E-state index in [-0.39, 0.29) is 41.5 Å². The number of fused-ring (bicyclic) bond motifs is 1. The molecule has 3 aromatic rings. The molecule has 4 atom stereocenters. The number of nitrogens with one attached hydrogen (secondary N) is 2. The van der Waals surface area contributed by atoms with Gasteiger partial charge in [0.1, 0.15) is 9.96 Å². The number of carbonyl (C=O) groups is 2. The molecular formula is C33H44N4O7S2. The van der Waals surface area contributed by atoms with Crippen LogP contribution in [0.1, 0.15) is 50.4 Å². The van der Waals surface area contributed by atoms with E-state index in [1.54, 1.807) is 59.7 Å². The number of hydrogen-bond donors (Lipinski definition) is 3. The molecule has 0 bridgehead atoms. The number of nitrogens with zero attached hydrogens (tertiary/aromatic N) is 2. The highest BCUT2D eigenvalue weighted by molar-refractivity contribution is 7.91. The fraction of sp³-hybridized carbons (Fsp3) is 0.455. The number of hydrogen-bond acceptors (Lipinski definition) is 8. The third-order valence-electron chi connectivity index (χ3n) is 7.94. The summed E-state index contributed by atoms with van der Waals surface area (Å²) in [7, 11) is -2.18. The summed E-state index contributed by atoms with van der Waals surface area (Å²) in [6.45, 7) is 6.00. The Bertz CT molecular complexity index is 1540. The molecule has 0 aliphatic carbocycles. The van der Waals surface area contributed by atoms with E-state index in [1.807, 2.05) is 32.0 Å². The summed E-state index contributed by atoms with van der Waals surface area (Å²) in [6, 6.07) is 16.2. The number of sulfonamides is 1. The number of thiophene rings is 1. The number of anilines is 2. The van der Waals surface area contributed by atoms with Crippen molar-refractivity contribution < 1.29 is 32.6 Å². The predicted molar refractivity (Wildman–Crippen MR) is 180 cm³/mol. The number of rotatable bonds is 8. The van der Waals surface area contributed by atoms with Gasteiger partial charge in [0.05, 0.1) is 30.4 Å². The van der Waals surface area contributed by atoms with E-state index in [1.165, 1.54) is 11.4 Å². The molecule has 0 saturated carbocycles. The second-order valence-corrected chi connectivity index (χ2v) is 14.9. The van der Waals surface area contributed by atoms with Crippen LogP contribution in [-0.4, -0.2) is 86.3 Å². The minimum Gasteiger partial charge on any atom is -0.490 e. The lowest BCUT2D eigenvalue weighted by Gasteiger charge is -2.35. The third kappa shape index (κ3) is 9.29. The SMILES string of the molecule is C[C@@H]1CN([C@@H](C)CO)C(=O)c2cc(NC(=O)Nc3ccccc3)ccc2O[C@@H](C)CCCCO[C@@H]1CN(C)S(=O)(=O)c1cccs1. The Balaban J connectivity index is 1.62. The van der Waals surface area contributed by atoms with Gasteiger partial charge in [0, 0.05) is 44.0 Å². The van der Waals surface area contributed by atoms with Crippen LogP contribution in [0.15, 0.2) is 70.3 Å². The first-order valence-corrected chi connectivity index (χ1v) is 17.8. The van der Waals surface area contributed by atoms with Crippen molar-refractivity contribution in [2.45, 2.75) is 62.5 Å². The quantitative estimate of drug-likeness (QED) is 0.287. The molecule has 1 aliphatic heterocycles. The molecule has 2 aromatic carbocycles. The van der Waals surface area contributed by atoms with Crippen molar-refractivity contribution in [3.8, 4) is 5.75 Å². The molecule has 2 heterocycles. The van der Waals surface area contributed by atoms with Crippen LogP contribution >= 0.6 is 11.3 Å². The van der Waals surface area contributed by atoms with Gasteiger partial charge in [-0.15, -0.1) is 11.3 Å². The molecule has 250 valence electrons. The summed E-state index contributed by atoms with van der Waals surface area (Å²) in [4.78, 5) is 28.6. The Labute approximate surface area is 275 Å². The van der Waals surface area contributed by atoms with E-state index >= 15 is 0 Å². The van der Waals surface area contributed by atoms with Crippen LogP contribution in [0.5, 0.6) is 5.75 Å². The van der Waals surface area contributed by atoms with Crippen molar-refractivity contribution in [1.82, 2.24) is 9.21 Å². The van der Waals surface area contributed by atoms with Gasteiger partial charge in [-0.25, -0.2) is 13.2 Å². The Kier molecular flexibility index (Phi) is 12.6. The van der Waals surface area contributed by atoms with Crippen LogP contribution < -0.4 is 15.4 Å². The normalized spacial score (nSPS) is 20.7. The molecule has 0 saturated heterocycles. The maximum atomic E-state index is 14.3. The predicted octanol–water partition coefficient (Wildman–Crippen LogP) is 5.51. The Morgan fingerprint density at radius 3 is 2.52 bits per heavy atom. The number of amides is 3. The highest BCUT2D eigenvalue weighted by Gasteiger charge is 2.32. The maximum Gasteiger partial charge on any atom is 0.323 e. The van der Waals surface area contributed by atoms with Gasteiger partial charge in [-0.3, -0.25) is 4.79 Å². The second kappa shape index (κ2) is 16.4. The first kappa shape index (κ1) is 35.4. The van der Waals surface area contributed by atoms with E-state index in [2.05, 4.69) is 10.6 Å². The molecule has 11 nitrogen and oxygen atoms in total. The monoisotopic (exact) mass is 672 g/mol. The van der Waals surface area contributed by atoms with Gasteiger partial charge in [-0.2, -0.15) is 4.31 Å². The van der Waals surface area contributed by atoms with Crippen LogP contribution in [-0.2, 0) is 14.8 Å². The Hall–Kier alpha value is -3.49. The summed E-state index contributed by atoms with van der Waals surface area (Å²) < 4.78 is 40.5. The second-order valence-electron chi connectivity index (χ2n) is 11.7. The molecular weight excluding hydrogens is 629 g/mol. The van der Waals surface area contributed by atoms with Crippen molar-refractivity contribution in [1.29, 1.82) is 0 Å². The fourth-order valence-electron chi connectivity index (χ4n) is 5.19. The summed E-state index contributed by atoms with van der Waals surface area (Å²) in [5.74, 6) is -0.317. The molecule has 0 unspecified atom stereocenters. The Morgan fingerprint density at radius 1 is 1.09 bits per heavy atom. The van der Waals surface area contributed by atoms with Crippen molar-refractivity contribution in [2.24, 2.45) is 5.92 Å². The van der Waals surface area contributed by atoms with Crippen LogP contribution in [0.3, 0.4) is 0 Å². The summed E-state index contributed by atoms with van der Waals surface area (Å²) in [5.41, 5.74) is 1.25. The topological polar surface area (TPSA) is 138 Å². The standard InChI is InChI=1S/C33H44N4O7S2/c1-23-20-37(24(2)22-38)32(39)28-19-27(35-33(40)34-26-12-6-5-7-13-26)15-16-29(28)44-25(3)11-8-9-17-43-30(23)21-36(4)46(41,42)31-14-10-18-45-31/h5-7,10,12-16,18-19,23-25,30,38H,8-9,11,17,20-22H2,1-4H3,(H2,34,35,40)/t23-,24+,25+,30-/m1/s1. The zero-order valence-corrected chi connectivity index (χ0v) is 28.4. The highest BCUT2D eigenvalue weighted by Crippen LogP contribution is 2.29. The van der Waals surface area contributed by atoms with Gasteiger partial charge in [-0.1, -0.05) is 31.2 Å². The number of carbonyl (C=O) groups excluding carboxylic acids is 2. The Morgan fingerprint density at radius 2 is 1.83 bits per heavy atom. The maximum absolute atomic E-state index is 14.3. The van der Waals surface area contributed by atoms with Crippen molar-refractivity contribution in [3.63, 3.8) is 0 Å². The lowest BCUT2D eigenvalue weighted by Crippen LogP contribution is -2.48. The first-order chi connectivity index (χ1) is 22.0. The van der Waals surface area contributed by atoms with Gasteiger partial charge in [0.25, 0.3) is 15.9 Å². The zero-order valence-electron chi connectivity index (χ0n) is 26.7. The van der Waals surface area contributed by atoms with Crippen molar-refractivity contribution >= 4 is 44.7 Å². The van der Waals surface area contributed by atoms with E-state index in [0.717, 1.165) is 24.2 Å². The summed E-state index contributed by atoms with van der Waals surface area (Å²) in [5, 5.41) is 17.5. The molecule has 46 heavy (non-hydrogen) atoms. The van der Waals surface area contributed by atoms with Crippen LogP contribution in [0.4, 0.5) is 16.2 Å². The van der Waals surface area contributed by atoms with E-state index in [9.17, 15) is 23.1 Å². The molecule has 0 fully saturated rings. The molecule has 0 spiro atoms. The smallest absolute Gasteiger partial charge is 0.323 e. The number of likely N-dealkylation sites (N-methyl/N-ethyl adjacent to an activating group) is 1. The molecule has 3 amide bonds. The minimum absolute atomic E-state index is 0.0949. The average molecular weight is 673 g/mol. The van der Waals surface area contributed by atoms with Crippen molar-refractivity contribution in [3.05, 3.63) is 71.6 Å². The third-order valence-corrected chi connectivity index (χ3v) is 11.1. The lowest BCUT2D eigenvalue weighted by atomic mass is 10.0. The molecule has 1 aliphatic rings. The zero-order chi connectivity index (χ0) is 33.3. The van der Waals surface area contributed by atoms with Gasteiger partial charge in [-0.05, 0) is 74.9 Å². The number of para-hydroxylation sites is 1. The van der Waals surface area contributed by atoms with Crippen molar-refractivity contribution in [2.75, 3.05) is 44.0 Å². The number of benzene rings is 2. The fourth-order valence-corrected chi connectivity index (χ4v) is 7.58. The van der Waals surface area contributed by atoms with Gasteiger partial charge < -0.3 is 30.1 Å². The number of aliphatic hydroxyl groups is 1. The van der Waals surface area contributed by atoms with E-state index < -0.39 is 34.1 Å². The molecule has 4 rings (SSSR count). The number of aliphatic hydroxyl groups excluding tert-OH is 1. The summed E-state index contributed by atoms with van der Waals surface area (Å²) in [6.07, 6.45) is 1.53. The lowest BCUT2D eigenvalue weighted by molar-refractivity contribution is -0.00832. The first-order valence-electron chi connectivity index (χ1n) is 15.5. The van der Waals surface area contributed by atoms with Crippen LogP contribution in [0.2, 0.25) is 0 Å².